The van der Waals surface area contributed by atoms with Gasteiger partial charge in [0.2, 0.25) is 0 Å². The molecule has 2 aromatic rings. The second-order valence-corrected chi connectivity index (χ2v) is 4.02. The van der Waals surface area contributed by atoms with E-state index in [9.17, 15) is 9.59 Å². The molecule has 0 aliphatic carbocycles. The number of rotatable bonds is 5. The van der Waals surface area contributed by atoms with Gasteiger partial charge >= 0.3 is 5.76 Å². The molecule has 0 amide bonds. The Labute approximate surface area is 98.0 Å². The molecule has 1 aromatic heterocycles. The molecule has 0 spiro atoms. The maximum Gasteiger partial charge on any atom is 0.417 e. The first-order valence-electron chi connectivity index (χ1n) is 5.43. The largest absolute Gasteiger partial charge is 0.417 e. The number of nitrogens with zero attached hydrogens (tertiary/aromatic N) is 1. The molecular weight excluding hydrogens is 220 g/mol. The predicted octanol–water partition coefficient (Wildman–Crippen LogP) is 0.794. The van der Waals surface area contributed by atoms with E-state index < -0.39 is 5.76 Å². The number of fused-ring (bicyclic) bond motifs is 1. The highest BCUT2D eigenvalue weighted by Gasteiger charge is 2.03. The number of aldehydes is 1. The Morgan fingerprint density at radius 1 is 1.47 bits per heavy atom. The van der Waals surface area contributed by atoms with E-state index in [1.807, 2.05) is 30.1 Å². The van der Waals surface area contributed by atoms with E-state index in [0.29, 0.717) is 17.6 Å². The van der Waals surface area contributed by atoms with E-state index in [1.54, 1.807) is 0 Å². The molecule has 0 bridgehead atoms. The number of hydrogen-bond acceptors (Lipinski definition) is 4. The van der Waals surface area contributed by atoms with Crippen LogP contribution >= 0.6 is 0 Å². The van der Waals surface area contributed by atoms with Gasteiger partial charge in [0, 0.05) is 6.54 Å². The van der Waals surface area contributed by atoms with Crippen molar-refractivity contribution in [1.82, 2.24) is 9.88 Å². The van der Waals surface area contributed by atoms with Crippen molar-refractivity contribution >= 4 is 17.4 Å². The van der Waals surface area contributed by atoms with Gasteiger partial charge in [0.15, 0.2) is 5.58 Å². The number of benzene rings is 1. The molecule has 90 valence electrons. The first kappa shape index (κ1) is 11.6. The first-order chi connectivity index (χ1) is 8.19. The lowest BCUT2D eigenvalue weighted by molar-refractivity contribution is -0.108. The molecule has 1 N–H and O–H groups in total. The smallest absolute Gasteiger partial charge is 0.408 e. The van der Waals surface area contributed by atoms with Crippen LogP contribution < -0.4 is 5.76 Å². The van der Waals surface area contributed by atoms with Crippen molar-refractivity contribution in [1.29, 1.82) is 0 Å². The van der Waals surface area contributed by atoms with Crippen LogP contribution in [0.4, 0.5) is 0 Å². The summed E-state index contributed by atoms with van der Waals surface area (Å²) < 4.78 is 4.98. The van der Waals surface area contributed by atoms with Crippen LogP contribution in [-0.4, -0.2) is 36.3 Å². The van der Waals surface area contributed by atoms with Crippen molar-refractivity contribution in [3.63, 3.8) is 0 Å². The van der Waals surface area contributed by atoms with Gasteiger partial charge in [0.25, 0.3) is 0 Å². The van der Waals surface area contributed by atoms with E-state index in [2.05, 4.69) is 4.98 Å². The lowest BCUT2D eigenvalue weighted by Gasteiger charge is -2.12. The maximum atomic E-state index is 11.0. The molecule has 5 heteroatoms. The highest BCUT2D eigenvalue weighted by Crippen LogP contribution is 2.12. The van der Waals surface area contributed by atoms with Gasteiger partial charge < -0.3 is 9.21 Å². The van der Waals surface area contributed by atoms with Crippen molar-refractivity contribution in [2.75, 3.05) is 20.1 Å². The zero-order valence-electron chi connectivity index (χ0n) is 9.60. The third kappa shape index (κ3) is 2.82. The monoisotopic (exact) mass is 234 g/mol. The van der Waals surface area contributed by atoms with Gasteiger partial charge in [0.05, 0.1) is 12.1 Å². The van der Waals surface area contributed by atoms with Crippen molar-refractivity contribution < 1.29 is 9.21 Å². The molecule has 1 aromatic carbocycles. The highest BCUT2D eigenvalue weighted by atomic mass is 16.4. The third-order valence-corrected chi connectivity index (χ3v) is 2.65. The number of hydrogen-bond donors (Lipinski definition) is 1. The van der Waals surface area contributed by atoms with Crippen LogP contribution in [0.25, 0.3) is 11.1 Å². The second kappa shape index (κ2) is 4.97. The summed E-state index contributed by atoms with van der Waals surface area (Å²) in [6.07, 6.45) is 1.70. The van der Waals surface area contributed by atoms with Crippen LogP contribution in [0.15, 0.2) is 27.4 Å². The summed E-state index contributed by atoms with van der Waals surface area (Å²) in [7, 11) is 1.89. The summed E-state index contributed by atoms with van der Waals surface area (Å²) in [5, 5.41) is 0. The van der Waals surface area contributed by atoms with E-state index in [1.165, 1.54) is 0 Å². The van der Waals surface area contributed by atoms with Gasteiger partial charge in [-0.15, -0.1) is 0 Å². The van der Waals surface area contributed by atoms with Gasteiger partial charge in [-0.25, -0.2) is 4.79 Å². The maximum absolute atomic E-state index is 11.0. The number of oxazole rings is 1. The van der Waals surface area contributed by atoms with Crippen LogP contribution in [-0.2, 0) is 11.2 Å². The van der Waals surface area contributed by atoms with Crippen molar-refractivity contribution in [3.05, 3.63) is 34.3 Å². The number of aromatic amines is 1. The van der Waals surface area contributed by atoms with Crippen LogP contribution in [0.1, 0.15) is 5.56 Å². The summed E-state index contributed by atoms with van der Waals surface area (Å²) in [6.45, 7) is 1.22. The quantitative estimate of drug-likeness (QED) is 0.777. The zero-order chi connectivity index (χ0) is 12.3. The Kier molecular flexibility index (Phi) is 3.39. The zero-order valence-corrected chi connectivity index (χ0v) is 9.60. The lowest BCUT2D eigenvalue weighted by Crippen LogP contribution is -2.23. The first-order valence-corrected chi connectivity index (χ1v) is 5.43. The summed E-state index contributed by atoms with van der Waals surface area (Å²) in [6, 6.07) is 5.62. The van der Waals surface area contributed by atoms with E-state index in [4.69, 9.17) is 4.42 Å². The SMILES string of the molecule is CN(CC=O)CCc1ccc2[nH]c(=O)oc2c1. The van der Waals surface area contributed by atoms with E-state index in [-0.39, 0.29) is 0 Å². The van der Waals surface area contributed by atoms with Crippen LogP contribution in [0, 0.1) is 0 Å². The molecule has 17 heavy (non-hydrogen) atoms. The van der Waals surface area contributed by atoms with Gasteiger partial charge in [-0.1, -0.05) is 6.07 Å². The molecule has 0 unspecified atom stereocenters. The number of likely N-dealkylation sites (N-methyl/N-ethyl adjacent to an activating group) is 1. The average Bonchev–Trinajstić information content (AvgIpc) is 2.66. The number of nitrogens with one attached hydrogen (secondary N) is 1. The minimum absolute atomic E-state index is 0.432. The van der Waals surface area contributed by atoms with E-state index >= 15 is 0 Å². The number of aromatic nitrogens is 1. The average molecular weight is 234 g/mol. The Morgan fingerprint density at radius 3 is 3.06 bits per heavy atom. The fourth-order valence-electron chi connectivity index (χ4n) is 1.68. The molecule has 0 atom stereocenters. The highest BCUT2D eigenvalue weighted by molar-refractivity contribution is 5.72. The normalized spacial score (nSPS) is 11.2. The number of H-pyrrole nitrogens is 1. The lowest BCUT2D eigenvalue weighted by atomic mass is 10.1. The fraction of sp³-hybridized carbons (Fsp3) is 0.333. The van der Waals surface area contributed by atoms with Gasteiger partial charge in [-0.3, -0.25) is 9.88 Å². The van der Waals surface area contributed by atoms with E-state index in [0.717, 1.165) is 24.8 Å². The van der Waals surface area contributed by atoms with Gasteiger partial charge in [-0.05, 0) is 31.2 Å². The molecule has 5 nitrogen and oxygen atoms in total. The van der Waals surface area contributed by atoms with Crippen molar-refractivity contribution in [3.8, 4) is 0 Å². The standard InChI is InChI=1S/C12H14N2O3/c1-14(6-7-15)5-4-9-2-3-10-11(8-9)17-12(16)13-10/h2-3,7-8H,4-6H2,1H3,(H,13,16). The Hall–Kier alpha value is -1.88. The third-order valence-electron chi connectivity index (χ3n) is 2.65. The topological polar surface area (TPSA) is 66.3 Å². The molecule has 0 saturated heterocycles. The minimum Gasteiger partial charge on any atom is -0.408 e. The Morgan fingerprint density at radius 2 is 2.29 bits per heavy atom. The van der Waals surface area contributed by atoms with Gasteiger partial charge in [-0.2, -0.15) is 0 Å². The van der Waals surface area contributed by atoms with Crippen LogP contribution in [0.2, 0.25) is 0 Å². The summed E-state index contributed by atoms with van der Waals surface area (Å²) in [4.78, 5) is 25.8. The molecule has 0 aliphatic rings. The molecule has 0 aliphatic heterocycles. The van der Waals surface area contributed by atoms with Crippen LogP contribution in [0.3, 0.4) is 0 Å². The molecule has 0 radical (unpaired) electrons. The Balaban J connectivity index is 2.08. The van der Waals surface area contributed by atoms with Crippen molar-refractivity contribution in [2.24, 2.45) is 0 Å². The molecule has 1 heterocycles. The van der Waals surface area contributed by atoms with Crippen LogP contribution in [0.5, 0.6) is 0 Å². The number of carbonyl (C=O) groups is 1. The molecule has 0 saturated carbocycles. The molecule has 0 fully saturated rings. The molecule has 2 rings (SSSR count). The summed E-state index contributed by atoms with van der Waals surface area (Å²) >= 11 is 0. The molecular formula is C12H14N2O3. The summed E-state index contributed by atoms with van der Waals surface area (Å²) in [5.41, 5.74) is 2.36. The minimum atomic E-state index is -0.435. The number of carbonyl (C=O) groups excluding carboxylic acids is 1. The van der Waals surface area contributed by atoms with Crippen molar-refractivity contribution in [2.45, 2.75) is 6.42 Å². The van der Waals surface area contributed by atoms with Gasteiger partial charge in [0.1, 0.15) is 6.29 Å². The fourth-order valence-corrected chi connectivity index (χ4v) is 1.68. The predicted molar refractivity (Wildman–Crippen MR) is 64.1 cm³/mol. The Bertz CT molecular complexity index is 570. The second-order valence-electron chi connectivity index (χ2n) is 4.02. The summed E-state index contributed by atoms with van der Waals surface area (Å²) in [5.74, 6) is -0.435.